The average molecular weight is 281 g/mol. The zero-order valence-electron chi connectivity index (χ0n) is 12.4. The number of hydrogen-bond acceptors (Lipinski definition) is 3. The maximum atomic E-state index is 11.2. The molecule has 0 radical (unpaired) electrons. The molecule has 3 heteroatoms. The second-order valence-corrected chi connectivity index (χ2v) is 7.26. The van der Waals surface area contributed by atoms with Crippen molar-refractivity contribution in [2.45, 2.75) is 58.5 Å². The summed E-state index contributed by atoms with van der Waals surface area (Å²) < 4.78 is 0. The highest BCUT2D eigenvalue weighted by Gasteiger charge is 2.49. The van der Waals surface area contributed by atoms with Crippen molar-refractivity contribution in [1.29, 1.82) is 0 Å². The van der Waals surface area contributed by atoms with Crippen LogP contribution in [0.15, 0.2) is 11.4 Å². The van der Waals surface area contributed by atoms with Gasteiger partial charge in [0.2, 0.25) is 0 Å². The van der Waals surface area contributed by atoms with Crippen molar-refractivity contribution >= 4 is 11.3 Å². The Morgan fingerprint density at radius 2 is 2.11 bits per heavy atom. The lowest BCUT2D eigenvalue weighted by atomic mass is 9.61. The Morgan fingerprint density at radius 3 is 2.53 bits per heavy atom. The molecule has 1 aliphatic carbocycles. The lowest BCUT2D eigenvalue weighted by Gasteiger charge is -2.49. The van der Waals surface area contributed by atoms with Crippen LogP contribution >= 0.6 is 11.3 Å². The molecule has 1 heterocycles. The molecule has 19 heavy (non-hydrogen) atoms. The number of rotatable bonds is 4. The highest BCUT2D eigenvalue weighted by atomic mass is 32.1. The van der Waals surface area contributed by atoms with E-state index in [1.165, 1.54) is 24.8 Å². The van der Waals surface area contributed by atoms with Crippen molar-refractivity contribution < 1.29 is 5.11 Å². The van der Waals surface area contributed by atoms with Gasteiger partial charge < -0.3 is 10.8 Å². The summed E-state index contributed by atoms with van der Waals surface area (Å²) in [5.41, 5.74) is 6.37. The van der Waals surface area contributed by atoms with E-state index in [1.54, 1.807) is 11.3 Å². The van der Waals surface area contributed by atoms with Gasteiger partial charge in [-0.1, -0.05) is 13.3 Å². The summed E-state index contributed by atoms with van der Waals surface area (Å²) in [6.07, 6.45) is 5.75. The van der Waals surface area contributed by atoms with E-state index in [-0.39, 0.29) is 5.41 Å². The van der Waals surface area contributed by atoms with Crippen molar-refractivity contribution in [1.82, 2.24) is 0 Å². The first-order valence-corrected chi connectivity index (χ1v) is 8.32. The molecule has 2 rings (SSSR count). The third kappa shape index (κ3) is 2.48. The van der Waals surface area contributed by atoms with Crippen LogP contribution in [0, 0.1) is 18.3 Å². The van der Waals surface area contributed by atoms with Crippen molar-refractivity contribution in [3.8, 4) is 0 Å². The molecule has 1 atom stereocenters. The van der Waals surface area contributed by atoms with E-state index in [2.05, 4.69) is 25.3 Å². The molecule has 0 aliphatic heterocycles. The van der Waals surface area contributed by atoms with Crippen LogP contribution in [0.1, 0.15) is 56.4 Å². The van der Waals surface area contributed by atoms with Gasteiger partial charge in [-0.3, -0.25) is 0 Å². The standard InChI is InChI=1S/C16H27NOS/c1-4-13-5-8-16(11-17,9-6-13)15(3,18)14-12(2)7-10-19-14/h7,10,13,18H,4-6,8-9,11,17H2,1-3H3. The third-order valence-electron chi connectivity index (χ3n) is 5.37. The van der Waals surface area contributed by atoms with Crippen LogP contribution in [0.25, 0.3) is 0 Å². The first-order chi connectivity index (χ1) is 8.97. The zero-order chi connectivity index (χ0) is 14.1. The molecule has 0 spiro atoms. The Kier molecular flexibility index (Phi) is 4.38. The number of thiophene rings is 1. The highest BCUT2D eigenvalue weighted by molar-refractivity contribution is 7.10. The molecule has 0 aromatic carbocycles. The second-order valence-electron chi connectivity index (χ2n) is 6.34. The molecule has 1 fully saturated rings. The Labute approximate surface area is 121 Å². The van der Waals surface area contributed by atoms with Gasteiger partial charge >= 0.3 is 0 Å². The molecule has 2 nitrogen and oxygen atoms in total. The summed E-state index contributed by atoms with van der Waals surface area (Å²) in [5.74, 6) is 0.819. The fourth-order valence-electron chi connectivity index (χ4n) is 3.64. The first-order valence-electron chi connectivity index (χ1n) is 7.44. The SMILES string of the molecule is CCC1CCC(CN)(C(C)(O)c2sccc2C)CC1. The van der Waals surface area contributed by atoms with Gasteiger partial charge in [0.05, 0.1) is 0 Å². The molecule has 1 aliphatic rings. The zero-order valence-corrected chi connectivity index (χ0v) is 13.2. The Hall–Kier alpha value is -0.380. The van der Waals surface area contributed by atoms with Crippen molar-refractivity contribution in [2.75, 3.05) is 6.54 Å². The van der Waals surface area contributed by atoms with E-state index in [0.29, 0.717) is 6.54 Å². The molecule has 1 aromatic heterocycles. The van der Waals surface area contributed by atoms with Crippen molar-refractivity contribution in [3.63, 3.8) is 0 Å². The molecule has 108 valence electrons. The normalized spacial score (nSPS) is 31.1. The van der Waals surface area contributed by atoms with E-state index < -0.39 is 5.60 Å². The molecule has 0 saturated heterocycles. The van der Waals surface area contributed by atoms with Gasteiger partial charge in [0, 0.05) is 16.8 Å². The number of nitrogens with two attached hydrogens (primary N) is 1. The summed E-state index contributed by atoms with van der Waals surface area (Å²) >= 11 is 1.67. The van der Waals surface area contributed by atoms with Gasteiger partial charge in [0.1, 0.15) is 5.60 Å². The predicted octanol–water partition coefficient (Wildman–Crippen LogP) is 3.81. The Balaban J connectivity index is 2.29. The minimum absolute atomic E-state index is 0.145. The van der Waals surface area contributed by atoms with E-state index in [4.69, 9.17) is 5.73 Å². The van der Waals surface area contributed by atoms with Crippen LogP contribution in [0.2, 0.25) is 0 Å². The summed E-state index contributed by atoms with van der Waals surface area (Å²) in [6.45, 7) is 6.91. The van der Waals surface area contributed by atoms with E-state index in [0.717, 1.165) is 23.6 Å². The van der Waals surface area contributed by atoms with Gasteiger partial charge in [0.25, 0.3) is 0 Å². The van der Waals surface area contributed by atoms with Crippen LogP contribution in [-0.4, -0.2) is 11.7 Å². The third-order valence-corrected chi connectivity index (χ3v) is 6.59. The van der Waals surface area contributed by atoms with Crippen LogP contribution in [0.5, 0.6) is 0 Å². The quantitative estimate of drug-likeness (QED) is 0.881. The fraction of sp³-hybridized carbons (Fsp3) is 0.750. The van der Waals surface area contributed by atoms with Gasteiger partial charge in [-0.25, -0.2) is 0 Å². The summed E-state index contributed by atoms with van der Waals surface area (Å²) in [7, 11) is 0. The summed E-state index contributed by atoms with van der Waals surface area (Å²) in [4.78, 5) is 1.10. The second kappa shape index (κ2) is 5.55. The maximum Gasteiger partial charge on any atom is 0.103 e. The predicted molar refractivity (Wildman–Crippen MR) is 82.4 cm³/mol. The number of hydrogen-bond donors (Lipinski definition) is 2. The first kappa shape index (κ1) is 15.0. The number of aliphatic hydroxyl groups is 1. The van der Waals surface area contributed by atoms with E-state index in [1.807, 2.05) is 6.92 Å². The highest BCUT2D eigenvalue weighted by Crippen LogP contribution is 2.52. The van der Waals surface area contributed by atoms with Gasteiger partial charge in [0.15, 0.2) is 0 Å². The van der Waals surface area contributed by atoms with Crippen LogP contribution in [-0.2, 0) is 5.60 Å². The topological polar surface area (TPSA) is 46.2 Å². The molecule has 0 bridgehead atoms. The largest absolute Gasteiger partial charge is 0.384 e. The number of aryl methyl sites for hydroxylation is 1. The smallest absolute Gasteiger partial charge is 0.103 e. The van der Waals surface area contributed by atoms with Crippen LogP contribution in [0.4, 0.5) is 0 Å². The van der Waals surface area contributed by atoms with E-state index >= 15 is 0 Å². The van der Waals surface area contributed by atoms with Crippen molar-refractivity contribution in [2.24, 2.45) is 17.1 Å². The minimum Gasteiger partial charge on any atom is -0.384 e. The lowest BCUT2D eigenvalue weighted by Crippen LogP contribution is -2.50. The Bertz CT molecular complexity index is 416. The monoisotopic (exact) mass is 281 g/mol. The molecule has 1 aromatic rings. The lowest BCUT2D eigenvalue weighted by molar-refractivity contribution is -0.0959. The van der Waals surface area contributed by atoms with Crippen LogP contribution in [0.3, 0.4) is 0 Å². The molecular formula is C16H27NOS. The molecule has 0 amide bonds. The average Bonchev–Trinajstić information content (AvgIpc) is 2.85. The molecule has 3 N–H and O–H groups in total. The molecule has 1 unspecified atom stereocenters. The summed E-state index contributed by atoms with van der Waals surface area (Å²) in [6, 6.07) is 2.09. The molecular weight excluding hydrogens is 254 g/mol. The van der Waals surface area contributed by atoms with Gasteiger partial charge in [-0.15, -0.1) is 11.3 Å². The van der Waals surface area contributed by atoms with Gasteiger partial charge in [-0.05, 0) is 62.5 Å². The Morgan fingerprint density at radius 1 is 1.47 bits per heavy atom. The fourth-order valence-corrected chi connectivity index (χ4v) is 4.75. The molecule has 1 saturated carbocycles. The van der Waals surface area contributed by atoms with E-state index in [9.17, 15) is 5.11 Å². The van der Waals surface area contributed by atoms with Crippen LogP contribution < -0.4 is 5.73 Å². The van der Waals surface area contributed by atoms with Crippen molar-refractivity contribution in [3.05, 3.63) is 21.9 Å². The minimum atomic E-state index is -0.793. The maximum absolute atomic E-state index is 11.2. The summed E-state index contributed by atoms with van der Waals surface area (Å²) in [5, 5.41) is 13.3. The van der Waals surface area contributed by atoms with Gasteiger partial charge in [-0.2, -0.15) is 0 Å².